The highest BCUT2D eigenvalue weighted by atomic mass is 16.1. The summed E-state index contributed by atoms with van der Waals surface area (Å²) in [6.07, 6.45) is 8.91. The molecule has 3 fully saturated rings. The van der Waals surface area contributed by atoms with E-state index in [4.69, 9.17) is 0 Å². The largest absolute Gasteiger partial charge is 0.294 e. The van der Waals surface area contributed by atoms with Crippen molar-refractivity contribution in [2.24, 2.45) is 29.6 Å². The van der Waals surface area contributed by atoms with E-state index in [-0.39, 0.29) is 0 Å². The van der Waals surface area contributed by atoms with Crippen LogP contribution < -0.4 is 0 Å². The molecule has 3 heteroatoms. The number of ketones is 1. The van der Waals surface area contributed by atoms with Crippen LogP contribution in [0, 0.1) is 29.6 Å². The van der Waals surface area contributed by atoms with Gasteiger partial charge in [0.05, 0.1) is 5.56 Å². The molecule has 4 rings (SSSR count). The Kier molecular flexibility index (Phi) is 1.61. The van der Waals surface area contributed by atoms with Crippen LogP contribution in [0.4, 0.5) is 0 Å². The smallest absolute Gasteiger partial charge is 0.169 e. The molecule has 1 aromatic heterocycles. The van der Waals surface area contributed by atoms with Gasteiger partial charge in [-0.2, -0.15) is 0 Å². The van der Waals surface area contributed by atoms with Crippen LogP contribution >= 0.6 is 0 Å². The molecule has 3 aliphatic carbocycles. The maximum Gasteiger partial charge on any atom is 0.169 e. The van der Waals surface area contributed by atoms with Crippen molar-refractivity contribution in [2.75, 3.05) is 0 Å². The molecular formula is C13H14N2O. The molecule has 82 valence electrons. The fourth-order valence-corrected chi connectivity index (χ4v) is 4.29. The minimum atomic E-state index is 0.298. The molecule has 0 spiro atoms. The molecule has 0 aliphatic heterocycles. The van der Waals surface area contributed by atoms with E-state index in [1.54, 1.807) is 12.4 Å². The summed E-state index contributed by atoms with van der Waals surface area (Å²) in [7, 11) is 0. The molecule has 3 aliphatic rings. The molecule has 1 heterocycles. The van der Waals surface area contributed by atoms with Crippen LogP contribution in [-0.2, 0) is 0 Å². The third-order valence-corrected chi connectivity index (χ3v) is 4.88. The van der Waals surface area contributed by atoms with Gasteiger partial charge in [0.1, 0.15) is 6.33 Å². The summed E-state index contributed by atoms with van der Waals surface area (Å²) in [4.78, 5) is 20.1. The molecule has 3 nitrogen and oxygen atoms in total. The molecule has 0 aromatic carbocycles. The Morgan fingerprint density at radius 2 is 1.75 bits per heavy atom. The lowest BCUT2D eigenvalue weighted by molar-refractivity contribution is 0.0944. The number of nitrogens with zero attached hydrogens (tertiary/aromatic N) is 2. The lowest BCUT2D eigenvalue weighted by atomic mass is 9.97. The van der Waals surface area contributed by atoms with Gasteiger partial charge in [0.15, 0.2) is 5.78 Å². The van der Waals surface area contributed by atoms with Gasteiger partial charge < -0.3 is 0 Å². The van der Waals surface area contributed by atoms with Crippen molar-refractivity contribution in [3.63, 3.8) is 0 Å². The molecule has 0 N–H and O–H groups in total. The maximum absolute atomic E-state index is 12.3. The average Bonchev–Trinajstić information content (AvgIpc) is 2.77. The Morgan fingerprint density at radius 3 is 2.38 bits per heavy atom. The quantitative estimate of drug-likeness (QED) is 0.707. The van der Waals surface area contributed by atoms with Crippen LogP contribution in [0.1, 0.15) is 29.6 Å². The van der Waals surface area contributed by atoms with Gasteiger partial charge >= 0.3 is 0 Å². The van der Waals surface area contributed by atoms with E-state index >= 15 is 0 Å². The van der Waals surface area contributed by atoms with Gasteiger partial charge in [-0.15, -0.1) is 0 Å². The number of hydrogen-bond donors (Lipinski definition) is 0. The predicted octanol–water partition coefficient (Wildman–Crippen LogP) is 1.95. The van der Waals surface area contributed by atoms with Crippen molar-refractivity contribution in [1.82, 2.24) is 9.97 Å². The van der Waals surface area contributed by atoms with Gasteiger partial charge in [0.25, 0.3) is 0 Å². The third-order valence-electron chi connectivity index (χ3n) is 4.88. The molecule has 0 saturated heterocycles. The van der Waals surface area contributed by atoms with Crippen LogP contribution in [0.5, 0.6) is 0 Å². The number of carbonyl (C=O) groups excluding carboxylic acids is 1. The van der Waals surface area contributed by atoms with Gasteiger partial charge in [-0.05, 0) is 42.9 Å². The Morgan fingerprint density at radius 1 is 1.12 bits per heavy atom. The highest BCUT2D eigenvalue weighted by Crippen LogP contribution is 2.69. The number of carbonyl (C=O) groups is 1. The summed E-state index contributed by atoms with van der Waals surface area (Å²) in [6, 6.07) is 0. The second-order valence-corrected chi connectivity index (χ2v) is 5.51. The number of fused-ring (bicyclic) bond motifs is 5. The fraction of sp³-hybridized carbons (Fsp3) is 0.615. The van der Waals surface area contributed by atoms with Crippen LogP contribution in [0.25, 0.3) is 0 Å². The summed E-state index contributed by atoms with van der Waals surface area (Å²) < 4.78 is 0. The predicted molar refractivity (Wildman–Crippen MR) is 57.7 cm³/mol. The SMILES string of the molecule is O=C(c1cncnc1)C1C2C3CCC(C3)C12. The van der Waals surface area contributed by atoms with Crippen LogP contribution in [0.15, 0.2) is 18.7 Å². The summed E-state index contributed by atoms with van der Waals surface area (Å²) >= 11 is 0. The zero-order valence-corrected chi connectivity index (χ0v) is 9.04. The Hall–Kier alpha value is -1.25. The molecule has 2 bridgehead atoms. The van der Waals surface area contributed by atoms with E-state index in [2.05, 4.69) is 9.97 Å². The fourth-order valence-electron chi connectivity index (χ4n) is 4.29. The second kappa shape index (κ2) is 2.90. The second-order valence-electron chi connectivity index (χ2n) is 5.51. The Labute approximate surface area is 94.3 Å². The highest BCUT2D eigenvalue weighted by molar-refractivity contribution is 5.99. The van der Waals surface area contributed by atoms with Crippen molar-refractivity contribution >= 4 is 5.78 Å². The standard InChI is InChI=1S/C13H14N2O/c16-13(9-4-14-6-15-5-9)12-10-7-1-2-8(3-7)11(10)12/h4-8,10-12H,1-3H2. The van der Waals surface area contributed by atoms with Crippen molar-refractivity contribution in [2.45, 2.75) is 19.3 Å². The van der Waals surface area contributed by atoms with Gasteiger partial charge in [0, 0.05) is 18.3 Å². The van der Waals surface area contributed by atoms with Gasteiger partial charge in [-0.3, -0.25) is 4.79 Å². The van der Waals surface area contributed by atoms with Crippen LogP contribution in [0.3, 0.4) is 0 Å². The average molecular weight is 214 g/mol. The Bertz CT molecular complexity index is 429. The number of Topliss-reactive ketones (excluding diaryl/α,β-unsaturated/α-hetero) is 1. The summed E-state index contributed by atoms with van der Waals surface area (Å²) in [5.74, 6) is 3.75. The van der Waals surface area contributed by atoms with Crippen molar-refractivity contribution in [3.8, 4) is 0 Å². The molecule has 0 radical (unpaired) electrons. The highest BCUT2D eigenvalue weighted by Gasteiger charge is 2.67. The zero-order valence-electron chi connectivity index (χ0n) is 9.04. The molecule has 3 saturated carbocycles. The van der Waals surface area contributed by atoms with E-state index in [1.807, 2.05) is 0 Å². The molecule has 0 amide bonds. The summed E-state index contributed by atoms with van der Waals surface area (Å²) in [5.41, 5.74) is 0.710. The molecule has 4 unspecified atom stereocenters. The van der Waals surface area contributed by atoms with Crippen LogP contribution in [0.2, 0.25) is 0 Å². The van der Waals surface area contributed by atoms with Gasteiger partial charge in [-0.25, -0.2) is 9.97 Å². The first-order valence-corrected chi connectivity index (χ1v) is 6.15. The van der Waals surface area contributed by atoms with E-state index < -0.39 is 0 Å². The summed E-state index contributed by atoms with van der Waals surface area (Å²) in [5, 5.41) is 0. The first-order valence-electron chi connectivity index (χ1n) is 6.15. The molecule has 16 heavy (non-hydrogen) atoms. The van der Waals surface area contributed by atoms with Crippen molar-refractivity contribution in [3.05, 3.63) is 24.3 Å². The maximum atomic E-state index is 12.3. The van der Waals surface area contributed by atoms with Crippen molar-refractivity contribution in [1.29, 1.82) is 0 Å². The lowest BCUT2D eigenvalue weighted by Gasteiger charge is -2.06. The summed E-state index contributed by atoms with van der Waals surface area (Å²) in [6.45, 7) is 0. The van der Waals surface area contributed by atoms with E-state index in [1.165, 1.54) is 25.6 Å². The van der Waals surface area contributed by atoms with Crippen molar-refractivity contribution < 1.29 is 4.79 Å². The minimum absolute atomic E-state index is 0.298. The van der Waals surface area contributed by atoms with E-state index in [0.29, 0.717) is 29.1 Å². The first kappa shape index (κ1) is 8.85. The zero-order chi connectivity index (χ0) is 10.7. The normalized spacial score (nSPS) is 43.1. The monoisotopic (exact) mass is 214 g/mol. The molecule has 1 aromatic rings. The topological polar surface area (TPSA) is 42.9 Å². The number of rotatable bonds is 2. The minimum Gasteiger partial charge on any atom is -0.294 e. The van der Waals surface area contributed by atoms with E-state index in [0.717, 1.165) is 11.8 Å². The van der Waals surface area contributed by atoms with Gasteiger partial charge in [0.2, 0.25) is 0 Å². The Balaban J connectivity index is 1.60. The van der Waals surface area contributed by atoms with E-state index in [9.17, 15) is 4.79 Å². The first-order chi connectivity index (χ1) is 7.86. The third kappa shape index (κ3) is 1.01. The van der Waals surface area contributed by atoms with Gasteiger partial charge in [-0.1, -0.05) is 0 Å². The van der Waals surface area contributed by atoms with Crippen LogP contribution in [-0.4, -0.2) is 15.8 Å². The molecule has 4 atom stereocenters. The number of hydrogen-bond acceptors (Lipinski definition) is 3. The lowest BCUT2D eigenvalue weighted by Crippen LogP contribution is -2.10. The number of aromatic nitrogens is 2. The molecular weight excluding hydrogens is 200 g/mol.